The van der Waals surface area contributed by atoms with E-state index in [0.717, 1.165) is 11.4 Å². The number of aromatic nitrogens is 2. The molecule has 2 N–H and O–H groups in total. The van der Waals surface area contributed by atoms with Gasteiger partial charge in [-0.2, -0.15) is 0 Å². The molecule has 2 aromatic heterocycles. The van der Waals surface area contributed by atoms with Gasteiger partial charge >= 0.3 is 0 Å². The number of carbonyl (C=O) groups excluding carboxylic acids is 1. The monoisotopic (exact) mass is 262 g/mol. The molecule has 0 aliphatic rings. The number of nitrogens with zero attached hydrogens (tertiary/aromatic N) is 2. The van der Waals surface area contributed by atoms with E-state index >= 15 is 0 Å². The van der Waals surface area contributed by atoms with Gasteiger partial charge in [0.05, 0.1) is 5.69 Å². The average Bonchev–Trinajstić information content (AvgIpc) is 2.73. The summed E-state index contributed by atoms with van der Waals surface area (Å²) in [5.41, 5.74) is 2.26. The van der Waals surface area contributed by atoms with Gasteiger partial charge in [0.25, 0.3) is 5.91 Å². The molecular formula is C12H14N4OS. The molecule has 0 saturated heterocycles. The summed E-state index contributed by atoms with van der Waals surface area (Å²) in [4.78, 5) is 20.5. The summed E-state index contributed by atoms with van der Waals surface area (Å²) >= 11 is 1.41. The van der Waals surface area contributed by atoms with Crippen molar-refractivity contribution in [3.63, 3.8) is 0 Å². The third-order valence-corrected chi connectivity index (χ3v) is 3.19. The number of rotatable bonds is 3. The molecule has 0 atom stereocenters. The highest BCUT2D eigenvalue weighted by atomic mass is 32.1. The molecule has 0 aliphatic carbocycles. The zero-order valence-electron chi connectivity index (χ0n) is 10.4. The maximum atomic E-state index is 12.0. The Balaban J connectivity index is 2.20. The molecular weight excluding hydrogens is 248 g/mol. The first-order chi connectivity index (χ1) is 8.58. The Hall–Kier alpha value is -1.95. The standard InChI is InChI=1S/C12H14N4OS/c1-7-4-9(5-10(13-3)14-7)11(17)16-12-15-8(2)6-18-12/h4-6H,1-3H3,(H,13,14)(H,15,16,17). The van der Waals surface area contributed by atoms with Crippen molar-refractivity contribution >= 4 is 28.2 Å². The Morgan fingerprint density at radius 2 is 2.00 bits per heavy atom. The first-order valence-electron chi connectivity index (χ1n) is 5.48. The molecule has 0 aromatic carbocycles. The predicted octanol–water partition coefficient (Wildman–Crippen LogP) is 2.45. The summed E-state index contributed by atoms with van der Waals surface area (Å²) < 4.78 is 0. The zero-order valence-corrected chi connectivity index (χ0v) is 11.3. The quantitative estimate of drug-likeness (QED) is 0.891. The highest BCUT2D eigenvalue weighted by Crippen LogP contribution is 2.17. The first kappa shape index (κ1) is 12.5. The van der Waals surface area contributed by atoms with Crippen LogP contribution < -0.4 is 10.6 Å². The summed E-state index contributed by atoms with van der Waals surface area (Å²) in [5.74, 6) is 0.502. The molecule has 18 heavy (non-hydrogen) atoms. The van der Waals surface area contributed by atoms with E-state index in [2.05, 4.69) is 20.6 Å². The van der Waals surface area contributed by atoms with Crippen LogP contribution in [0.5, 0.6) is 0 Å². The van der Waals surface area contributed by atoms with Gasteiger partial charge in [-0.1, -0.05) is 0 Å². The maximum Gasteiger partial charge on any atom is 0.257 e. The van der Waals surface area contributed by atoms with Crippen molar-refractivity contribution in [3.8, 4) is 0 Å². The summed E-state index contributed by atoms with van der Waals surface area (Å²) in [6.45, 7) is 3.74. The van der Waals surface area contributed by atoms with E-state index in [-0.39, 0.29) is 5.91 Å². The third-order valence-electron chi connectivity index (χ3n) is 2.31. The van der Waals surface area contributed by atoms with E-state index in [1.54, 1.807) is 19.2 Å². The predicted molar refractivity (Wildman–Crippen MR) is 73.3 cm³/mol. The van der Waals surface area contributed by atoms with Crippen molar-refractivity contribution in [2.45, 2.75) is 13.8 Å². The minimum atomic E-state index is -0.175. The van der Waals surface area contributed by atoms with Crippen LogP contribution in [0.15, 0.2) is 17.5 Å². The minimum Gasteiger partial charge on any atom is -0.373 e. The fraction of sp³-hybridized carbons (Fsp3) is 0.250. The lowest BCUT2D eigenvalue weighted by molar-refractivity contribution is 0.102. The molecule has 1 amide bonds. The van der Waals surface area contributed by atoms with Gasteiger partial charge < -0.3 is 5.32 Å². The Bertz CT molecular complexity index is 579. The highest BCUT2D eigenvalue weighted by molar-refractivity contribution is 7.13. The lowest BCUT2D eigenvalue weighted by Crippen LogP contribution is -2.13. The largest absolute Gasteiger partial charge is 0.373 e. The SMILES string of the molecule is CNc1cc(C(=O)Nc2nc(C)cs2)cc(C)n1. The number of anilines is 2. The van der Waals surface area contributed by atoms with Crippen LogP contribution in [0.25, 0.3) is 0 Å². The molecule has 5 nitrogen and oxygen atoms in total. The van der Waals surface area contributed by atoms with Gasteiger partial charge in [-0.25, -0.2) is 9.97 Å². The van der Waals surface area contributed by atoms with Crippen molar-refractivity contribution in [1.29, 1.82) is 0 Å². The Morgan fingerprint density at radius 1 is 1.22 bits per heavy atom. The van der Waals surface area contributed by atoms with Gasteiger partial charge in [-0.3, -0.25) is 10.1 Å². The van der Waals surface area contributed by atoms with Gasteiger partial charge in [0.1, 0.15) is 5.82 Å². The Kier molecular flexibility index (Phi) is 3.57. The molecule has 6 heteroatoms. The van der Waals surface area contributed by atoms with Crippen molar-refractivity contribution in [2.75, 3.05) is 17.7 Å². The number of aryl methyl sites for hydroxylation is 2. The molecule has 0 aliphatic heterocycles. The summed E-state index contributed by atoms with van der Waals surface area (Å²) in [6, 6.07) is 3.46. The van der Waals surface area contributed by atoms with Crippen molar-refractivity contribution in [2.24, 2.45) is 0 Å². The third kappa shape index (κ3) is 2.84. The smallest absolute Gasteiger partial charge is 0.257 e. The van der Waals surface area contributed by atoms with Crippen LogP contribution in [0.4, 0.5) is 10.9 Å². The lowest BCUT2D eigenvalue weighted by Gasteiger charge is -2.06. The maximum absolute atomic E-state index is 12.0. The first-order valence-corrected chi connectivity index (χ1v) is 6.36. The van der Waals surface area contributed by atoms with E-state index in [1.807, 2.05) is 19.2 Å². The summed E-state index contributed by atoms with van der Waals surface area (Å²) in [5, 5.41) is 8.20. The molecule has 0 bridgehead atoms. The van der Waals surface area contributed by atoms with E-state index in [0.29, 0.717) is 16.5 Å². The van der Waals surface area contributed by atoms with E-state index in [4.69, 9.17) is 0 Å². The number of amides is 1. The fourth-order valence-corrected chi connectivity index (χ4v) is 2.19. The van der Waals surface area contributed by atoms with Crippen molar-refractivity contribution in [1.82, 2.24) is 9.97 Å². The number of nitrogens with one attached hydrogen (secondary N) is 2. The van der Waals surface area contributed by atoms with E-state index in [9.17, 15) is 4.79 Å². The van der Waals surface area contributed by atoms with Crippen LogP contribution in [0.3, 0.4) is 0 Å². The Labute approximate surface area is 109 Å². The van der Waals surface area contributed by atoms with E-state index < -0.39 is 0 Å². The molecule has 2 aromatic rings. The van der Waals surface area contributed by atoms with E-state index in [1.165, 1.54) is 11.3 Å². The topological polar surface area (TPSA) is 66.9 Å². The average molecular weight is 262 g/mol. The number of pyridine rings is 1. The van der Waals surface area contributed by atoms with Gasteiger partial charge in [0, 0.05) is 23.7 Å². The molecule has 2 rings (SSSR count). The van der Waals surface area contributed by atoms with Crippen LogP contribution in [0, 0.1) is 13.8 Å². The van der Waals surface area contributed by atoms with Gasteiger partial charge in [0.2, 0.25) is 0 Å². The summed E-state index contributed by atoms with van der Waals surface area (Å²) in [6.07, 6.45) is 0. The second-order valence-electron chi connectivity index (χ2n) is 3.88. The lowest BCUT2D eigenvalue weighted by atomic mass is 10.2. The van der Waals surface area contributed by atoms with Gasteiger partial charge in [-0.15, -0.1) is 11.3 Å². The number of hydrogen-bond donors (Lipinski definition) is 2. The van der Waals surface area contributed by atoms with Crippen LogP contribution >= 0.6 is 11.3 Å². The van der Waals surface area contributed by atoms with Crippen molar-refractivity contribution in [3.05, 3.63) is 34.5 Å². The molecule has 0 fully saturated rings. The highest BCUT2D eigenvalue weighted by Gasteiger charge is 2.10. The molecule has 0 radical (unpaired) electrons. The van der Waals surface area contributed by atoms with Crippen molar-refractivity contribution < 1.29 is 4.79 Å². The van der Waals surface area contributed by atoms with Crippen LogP contribution in [-0.2, 0) is 0 Å². The zero-order chi connectivity index (χ0) is 13.1. The molecule has 2 heterocycles. The number of carbonyl (C=O) groups is 1. The second kappa shape index (κ2) is 5.14. The van der Waals surface area contributed by atoms with Crippen LogP contribution in [0.2, 0.25) is 0 Å². The normalized spacial score (nSPS) is 10.2. The Morgan fingerprint density at radius 3 is 2.61 bits per heavy atom. The van der Waals surface area contributed by atoms with Gasteiger partial charge in [-0.05, 0) is 26.0 Å². The second-order valence-corrected chi connectivity index (χ2v) is 4.74. The molecule has 0 saturated carbocycles. The molecule has 0 unspecified atom stereocenters. The fourth-order valence-electron chi connectivity index (χ4n) is 1.51. The molecule has 94 valence electrons. The minimum absolute atomic E-state index is 0.175. The molecule has 0 spiro atoms. The number of thiazole rings is 1. The van der Waals surface area contributed by atoms with Crippen LogP contribution in [0.1, 0.15) is 21.7 Å². The number of hydrogen-bond acceptors (Lipinski definition) is 5. The van der Waals surface area contributed by atoms with Gasteiger partial charge in [0.15, 0.2) is 5.13 Å². The summed E-state index contributed by atoms with van der Waals surface area (Å²) in [7, 11) is 1.77. The van der Waals surface area contributed by atoms with Crippen LogP contribution in [-0.4, -0.2) is 22.9 Å².